The minimum Gasteiger partial charge on any atom is -0.497 e. The summed E-state index contributed by atoms with van der Waals surface area (Å²) < 4.78 is 5.14. The van der Waals surface area contributed by atoms with Gasteiger partial charge in [-0.2, -0.15) is 0 Å². The number of carbonyl (C=O) groups is 2. The number of ketones is 2. The first kappa shape index (κ1) is 22.4. The summed E-state index contributed by atoms with van der Waals surface area (Å²) >= 11 is 0. The van der Waals surface area contributed by atoms with Gasteiger partial charge in [-0.15, -0.1) is 0 Å². The van der Waals surface area contributed by atoms with E-state index < -0.39 is 0 Å². The number of allylic oxidation sites excluding steroid dienone is 13. The van der Waals surface area contributed by atoms with Gasteiger partial charge >= 0.3 is 0 Å². The van der Waals surface area contributed by atoms with Crippen molar-refractivity contribution in [2.75, 3.05) is 7.11 Å². The second-order valence-corrected chi connectivity index (χ2v) is 6.84. The molecule has 0 unspecified atom stereocenters. The number of hydrogen-bond acceptors (Lipinski definition) is 3. The maximum Gasteiger partial charge on any atom is 0.197 e. The Morgan fingerprint density at radius 2 is 1.06 bits per heavy atom. The van der Waals surface area contributed by atoms with Gasteiger partial charge in [0.15, 0.2) is 11.6 Å². The first-order valence-corrected chi connectivity index (χ1v) is 10.2. The molecule has 3 heteroatoms. The smallest absolute Gasteiger partial charge is 0.197 e. The molecule has 0 aliphatic heterocycles. The molecule has 0 fully saturated rings. The maximum atomic E-state index is 12.3. The Bertz CT molecular complexity index is 1130. The number of ether oxygens (including phenoxy) is 1. The number of fused-ring (bicyclic) bond motifs is 1. The molecule has 0 bridgehead atoms. The van der Waals surface area contributed by atoms with E-state index in [1.54, 1.807) is 49.6 Å². The Morgan fingerprint density at radius 3 is 1.56 bits per heavy atom. The van der Waals surface area contributed by atoms with Gasteiger partial charge in [-0.05, 0) is 23.8 Å². The predicted molar refractivity (Wildman–Crippen MR) is 131 cm³/mol. The number of carbonyl (C=O) groups excluding carboxylic acids is 2. The van der Waals surface area contributed by atoms with E-state index in [1.165, 1.54) is 0 Å². The monoisotopic (exact) mass is 420 g/mol. The minimum atomic E-state index is -0.212. The molecule has 0 radical (unpaired) electrons. The highest BCUT2D eigenvalue weighted by molar-refractivity contribution is 6.39. The summed E-state index contributed by atoms with van der Waals surface area (Å²) in [5.74, 6) is 0.422. The van der Waals surface area contributed by atoms with E-state index in [9.17, 15) is 9.59 Å². The van der Waals surface area contributed by atoms with Crippen molar-refractivity contribution in [1.29, 1.82) is 0 Å². The quantitative estimate of drug-likeness (QED) is 0.278. The van der Waals surface area contributed by atoms with Gasteiger partial charge in [0.2, 0.25) is 0 Å². The standard InChI is InChI=1S/C29H24O3/c1-32-24-21-19-23(20-22-24)15-11-9-7-5-3-2-4-6-8-10-12-18-27-28(30)25-16-13-14-17-26(25)29(27)31/h2-22H,1H3/b4-2+,5-3+,8-6+,9-7+,12-10+,15-11+. The fraction of sp³-hybridized carbons (Fsp3) is 0.0345. The number of rotatable bonds is 8. The molecule has 0 atom stereocenters. The molecule has 1 aliphatic rings. The molecule has 0 aromatic heterocycles. The van der Waals surface area contributed by atoms with Crippen molar-refractivity contribution in [3.05, 3.63) is 144 Å². The number of benzene rings is 2. The van der Waals surface area contributed by atoms with Crippen molar-refractivity contribution in [2.45, 2.75) is 0 Å². The summed E-state index contributed by atoms with van der Waals surface area (Å²) in [7, 11) is 1.65. The molecule has 2 aromatic rings. The Balaban J connectivity index is 1.41. The molecular formula is C29H24O3. The van der Waals surface area contributed by atoms with Crippen LogP contribution in [0.1, 0.15) is 26.3 Å². The minimum absolute atomic E-state index is 0.210. The highest BCUT2D eigenvalue weighted by Crippen LogP contribution is 2.25. The zero-order valence-corrected chi connectivity index (χ0v) is 17.8. The lowest BCUT2D eigenvalue weighted by molar-refractivity contribution is 0.0989. The average molecular weight is 421 g/mol. The van der Waals surface area contributed by atoms with Crippen LogP contribution in [-0.4, -0.2) is 18.7 Å². The Kier molecular flexibility index (Phi) is 8.29. The summed E-state index contributed by atoms with van der Waals surface area (Å²) in [6, 6.07) is 14.8. The van der Waals surface area contributed by atoms with E-state index in [2.05, 4.69) is 0 Å². The lowest BCUT2D eigenvalue weighted by atomic mass is 10.1. The van der Waals surface area contributed by atoms with Gasteiger partial charge in [0.25, 0.3) is 0 Å². The molecule has 0 heterocycles. The second kappa shape index (κ2) is 11.8. The van der Waals surface area contributed by atoms with E-state index in [0.29, 0.717) is 11.1 Å². The van der Waals surface area contributed by atoms with Crippen LogP contribution in [0, 0.1) is 0 Å². The first-order chi connectivity index (χ1) is 15.7. The number of Topliss-reactive ketones (excluding diaryl/α,β-unsaturated/α-hetero) is 2. The molecule has 3 nitrogen and oxygen atoms in total. The lowest BCUT2D eigenvalue weighted by Crippen LogP contribution is -1.99. The van der Waals surface area contributed by atoms with Gasteiger partial charge in [0.05, 0.1) is 12.7 Å². The molecular weight excluding hydrogens is 396 g/mol. The van der Waals surface area contributed by atoms with Crippen LogP contribution in [-0.2, 0) is 0 Å². The Hall–Kier alpha value is -4.24. The average Bonchev–Trinajstić information content (AvgIpc) is 3.07. The second-order valence-electron chi connectivity index (χ2n) is 6.84. The van der Waals surface area contributed by atoms with E-state index in [-0.39, 0.29) is 17.1 Å². The molecule has 0 N–H and O–H groups in total. The van der Waals surface area contributed by atoms with Crippen LogP contribution in [0.15, 0.2) is 127 Å². The van der Waals surface area contributed by atoms with Crippen molar-refractivity contribution >= 4 is 17.6 Å². The first-order valence-electron chi connectivity index (χ1n) is 10.2. The molecule has 3 rings (SSSR count). The van der Waals surface area contributed by atoms with Crippen LogP contribution in [0.2, 0.25) is 0 Å². The van der Waals surface area contributed by atoms with Gasteiger partial charge in [0, 0.05) is 11.1 Å². The van der Waals surface area contributed by atoms with Crippen molar-refractivity contribution in [1.82, 2.24) is 0 Å². The third kappa shape index (κ3) is 6.13. The van der Waals surface area contributed by atoms with Gasteiger partial charge < -0.3 is 4.74 Å². The van der Waals surface area contributed by atoms with Crippen LogP contribution < -0.4 is 4.74 Å². The molecule has 2 aromatic carbocycles. The fourth-order valence-corrected chi connectivity index (χ4v) is 3.03. The van der Waals surface area contributed by atoms with Crippen LogP contribution in [0.4, 0.5) is 0 Å². The molecule has 1 aliphatic carbocycles. The number of hydrogen-bond donors (Lipinski definition) is 0. The fourth-order valence-electron chi connectivity index (χ4n) is 3.03. The summed E-state index contributed by atoms with van der Waals surface area (Å²) in [6.45, 7) is 0. The van der Waals surface area contributed by atoms with E-state index >= 15 is 0 Å². The normalized spacial score (nSPS) is 14.3. The molecule has 0 saturated heterocycles. The lowest BCUT2D eigenvalue weighted by Gasteiger charge is -1.98. The topological polar surface area (TPSA) is 43.4 Å². The molecule has 0 amide bonds. The molecule has 32 heavy (non-hydrogen) atoms. The summed E-state index contributed by atoms with van der Waals surface area (Å²) in [6.07, 6.45) is 24.4. The summed E-state index contributed by atoms with van der Waals surface area (Å²) in [4.78, 5) is 24.5. The van der Waals surface area contributed by atoms with Crippen molar-refractivity contribution in [3.63, 3.8) is 0 Å². The van der Waals surface area contributed by atoms with E-state index in [4.69, 9.17) is 4.74 Å². The highest BCUT2D eigenvalue weighted by atomic mass is 16.5. The van der Waals surface area contributed by atoms with Gasteiger partial charge in [-0.25, -0.2) is 0 Å². The van der Waals surface area contributed by atoms with Gasteiger partial charge in [0.1, 0.15) is 5.75 Å². The van der Waals surface area contributed by atoms with Crippen LogP contribution in [0.25, 0.3) is 6.08 Å². The molecule has 158 valence electrons. The van der Waals surface area contributed by atoms with Crippen LogP contribution >= 0.6 is 0 Å². The van der Waals surface area contributed by atoms with Crippen molar-refractivity contribution in [3.8, 4) is 5.75 Å². The Labute approximate surface area is 188 Å². The molecule has 0 saturated carbocycles. The predicted octanol–water partition coefficient (Wildman–Crippen LogP) is 6.50. The zero-order chi connectivity index (χ0) is 22.6. The zero-order valence-electron chi connectivity index (χ0n) is 17.8. The van der Waals surface area contributed by atoms with Crippen LogP contribution in [0.3, 0.4) is 0 Å². The summed E-state index contributed by atoms with van der Waals surface area (Å²) in [5, 5.41) is 0. The summed E-state index contributed by atoms with van der Waals surface area (Å²) in [5.41, 5.74) is 2.28. The van der Waals surface area contributed by atoms with E-state index in [0.717, 1.165) is 11.3 Å². The highest BCUT2D eigenvalue weighted by Gasteiger charge is 2.31. The van der Waals surface area contributed by atoms with E-state index in [1.807, 2.05) is 85.0 Å². The van der Waals surface area contributed by atoms with Gasteiger partial charge in [-0.3, -0.25) is 9.59 Å². The SMILES string of the molecule is COc1ccc(/C=C/C=C/C=C/C=C/C=C/C=C/C=C2C(=O)c3ccccc3C2=O)cc1. The third-order valence-electron chi connectivity index (χ3n) is 4.68. The largest absolute Gasteiger partial charge is 0.497 e. The van der Waals surface area contributed by atoms with Crippen molar-refractivity contribution in [2.24, 2.45) is 0 Å². The number of methoxy groups -OCH3 is 1. The Morgan fingerprint density at radius 1 is 0.594 bits per heavy atom. The van der Waals surface area contributed by atoms with Gasteiger partial charge in [-0.1, -0.05) is 109 Å². The van der Waals surface area contributed by atoms with Crippen LogP contribution in [0.5, 0.6) is 5.75 Å². The van der Waals surface area contributed by atoms with Crippen molar-refractivity contribution < 1.29 is 14.3 Å². The molecule has 0 spiro atoms. The maximum absolute atomic E-state index is 12.3. The third-order valence-corrected chi connectivity index (χ3v) is 4.68.